The van der Waals surface area contributed by atoms with Gasteiger partial charge in [-0.15, -0.1) is 0 Å². The molecule has 1 rings (SSSR count). The van der Waals surface area contributed by atoms with Gasteiger partial charge in [0, 0.05) is 5.30 Å². The van der Waals surface area contributed by atoms with Crippen LogP contribution in [0.3, 0.4) is 0 Å². The zero-order valence-electron chi connectivity index (χ0n) is 9.47. The Bertz CT molecular complexity index is 341. The van der Waals surface area contributed by atoms with Crippen molar-refractivity contribution in [1.82, 2.24) is 0 Å². The highest BCUT2D eigenvalue weighted by Crippen LogP contribution is 2.35. The average molecular weight is 216 g/mol. The van der Waals surface area contributed by atoms with Crippen molar-refractivity contribution in [2.45, 2.75) is 20.8 Å². The number of rotatable bonds is 1. The molecule has 0 spiro atoms. The Morgan fingerprint density at radius 1 is 1.21 bits per heavy atom. The maximum atomic E-state index is 13.2. The molecular weight excluding hydrogens is 198 g/mol. The van der Waals surface area contributed by atoms with Crippen LogP contribution >= 0.6 is 7.14 Å². The average Bonchev–Trinajstić information content (AvgIpc) is 2.05. The van der Waals surface area contributed by atoms with Crippen molar-refractivity contribution in [3.8, 4) is 0 Å². The Morgan fingerprint density at radius 2 is 1.71 bits per heavy atom. The van der Waals surface area contributed by atoms with E-state index < -0.39 is 7.14 Å². The van der Waals surface area contributed by atoms with Crippen LogP contribution < -0.4 is 5.30 Å². The molecule has 0 unspecified atom stereocenters. The highest BCUT2D eigenvalue weighted by Gasteiger charge is 2.15. The third-order valence-corrected chi connectivity index (χ3v) is 3.21. The molecule has 3 heteroatoms. The van der Waals surface area contributed by atoms with E-state index in [9.17, 15) is 8.96 Å². The molecule has 0 saturated carbocycles. The lowest BCUT2D eigenvalue weighted by Crippen LogP contribution is -2.08. The third-order valence-electron chi connectivity index (χ3n) is 1.68. The fourth-order valence-electron chi connectivity index (χ4n) is 1.05. The van der Waals surface area contributed by atoms with E-state index in [2.05, 4.69) is 0 Å². The lowest BCUT2D eigenvalue weighted by Gasteiger charge is -2.07. The molecule has 0 atom stereocenters. The number of hydrogen-bond acceptors (Lipinski definition) is 1. The van der Waals surface area contributed by atoms with Gasteiger partial charge in [-0.05, 0) is 37.9 Å². The topological polar surface area (TPSA) is 17.1 Å². The van der Waals surface area contributed by atoms with Crippen molar-refractivity contribution >= 4 is 12.4 Å². The summed E-state index contributed by atoms with van der Waals surface area (Å²) in [6, 6.07) is 4.79. The van der Waals surface area contributed by atoms with Crippen molar-refractivity contribution in [3.63, 3.8) is 0 Å². The van der Waals surface area contributed by atoms with Gasteiger partial charge in [-0.2, -0.15) is 0 Å². The first-order chi connectivity index (χ1) is 6.41. The Labute approximate surface area is 85.7 Å². The van der Waals surface area contributed by atoms with Crippen LogP contribution in [-0.2, 0) is 4.57 Å². The summed E-state index contributed by atoms with van der Waals surface area (Å²) in [7, 11) is -2.45. The zero-order valence-corrected chi connectivity index (χ0v) is 10.4. The minimum Gasteiger partial charge on any atom is -0.319 e. The molecular formula is C11H18FOP. The number of benzene rings is 1. The summed E-state index contributed by atoms with van der Waals surface area (Å²) in [5.74, 6) is -0.358. The van der Waals surface area contributed by atoms with Crippen LogP contribution in [-0.4, -0.2) is 13.3 Å². The third kappa shape index (κ3) is 3.63. The molecule has 0 bridgehead atoms. The highest BCUT2D eigenvalue weighted by molar-refractivity contribution is 7.70. The monoisotopic (exact) mass is 216 g/mol. The summed E-state index contributed by atoms with van der Waals surface area (Å²) in [5, 5.41) is 0.341. The molecule has 0 aliphatic heterocycles. The predicted octanol–water partition coefficient (Wildman–Crippen LogP) is 3.41. The summed E-state index contributed by atoms with van der Waals surface area (Å²) in [6.45, 7) is 8.95. The quantitative estimate of drug-likeness (QED) is 0.657. The van der Waals surface area contributed by atoms with Crippen LogP contribution in [0.15, 0.2) is 18.2 Å². The normalized spacial score (nSPS) is 10.4. The largest absolute Gasteiger partial charge is 0.319 e. The van der Waals surface area contributed by atoms with Gasteiger partial charge in [0.05, 0.1) is 0 Å². The van der Waals surface area contributed by atoms with Crippen molar-refractivity contribution in [1.29, 1.82) is 0 Å². The van der Waals surface area contributed by atoms with Crippen LogP contribution in [0, 0.1) is 12.7 Å². The van der Waals surface area contributed by atoms with E-state index in [0.717, 1.165) is 5.56 Å². The molecule has 0 aliphatic rings. The van der Waals surface area contributed by atoms with Gasteiger partial charge >= 0.3 is 0 Å². The minimum atomic E-state index is -2.45. The number of aryl methyl sites for hydroxylation is 1. The lowest BCUT2D eigenvalue weighted by atomic mass is 10.2. The molecule has 0 N–H and O–H groups in total. The van der Waals surface area contributed by atoms with Crippen LogP contribution in [0.5, 0.6) is 0 Å². The van der Waals surface area contributed by atoms with Gasteiger partial charge in [0.2, 0.25) is 0 Å². The molecule has 0 aromatic heterocycles. The first-order valence-corrected chi connectivity index (χ1v) is 7.33. The van der Waals surface area contributed by atoms with Crippen molar-refractivity contribution in [2.24, 2.45) is 0 Å². The van der Waals surface area contributed by atoms with E-state index in [1.807, 2.05) is 20.8 Å². The van der Waals surface area contributed by atoms with Crippen molar-refractivity contribution < 1.29 is 8.96 Å². The fourth-order valence-corrected chi connectivity index (χ4v) is 2.06. The Kier molecular flexibility index (Phi) is 5.07. The van der Waals surface area contributed by atoms with Crippen molar-refractivity contribution in [3.05, 3.63) is 29.6 Å². The smallest absolute Gasteiger partial charge is 0.134 e. The molecule has 0 aliphatic carbocycles. The molecule has 0 amide bonds. The van der Waals surface area contributed by atoms with E-state index in [4.69, 9.17) is 0 Å². The van der Waals surface area contributed by atoms with Crippen LogP contribution in [0.2, 0.25) is 0 Å². The second kappa shape index (κ2) is 5.31. The van der Waals surface area contributed by atoms with Gasteiger partial charge < -0.3 is 4.57 Å². The maximum absolute atomic E-state index is 13.2. The first-order valence-electron chi connectivity index (χ1n) is 4.73. The molecule has 1 aromatic carbocycles. The summed E-state index contributed by atoms with van der Waals surface area (Å²) in [5.41, 5.74) is 0.852. The summed E-state index contributed by atoms with van der Waals surface area (Å²) in [6.07, 6.45) is 0. The van der Waals surface area contributed by atoms with E-state index in [0.29, 0.717) is 5.30 Å². The van der Waals surface area contributed by atoms with Gasteiger partial charge in [0.15, 0.2) is 0 Å². The summed E-state index contributed by atoms with van der Waals surface area (Å²) in [4.78, 5) is 0. The van der Waals surface area contributed by atoms with Gasteiger partial charge in [0.1, 0.15) is 13.0 Å². The lowest BCUT2D eigenvalue weighted by molar-refractivity contribution is 0.584. The Balaban J connectivity index is 0.000000791. The maximum Gasteiger partial charge on any atom is 0.134 e. The molecule has 0 saturated heterocycles. The van der Waals surface area contributed by atoms with Gasteiger partial charge in [-0.3, -0.25) is 0 Å². The molecule has 1 nitrogen and oxygen atoms in total. The summed E-state index contributed by atoms with van der Waals surface area (Å²) < 4.78 is 24.7. The summed E-state index contributed by atoms with van der Waals surface area (Å²) >= 11 is 0. The van der Waals surface area contributed by atoms with E-state index >= 15 is 0 Å². The van der Waals surface area contributed by atoms with Crippen LogP contribution in [0.4, 0.5) is 4.39 Å². The second-order valence-electron chi connectivity index (χ2n) is 3.31. The molecule has 0 radical (unpaired) electrons. The van der Waals surface area contributed by atoms with E-state index in [-0.39, 0.29) is 5.82 Å². The van der Waals surface area contributed by atoms with Gasteiger partial charge in [-0.1, -0.05) is 19.9 Å². The van der Waals surface area contributed by atoms with Gasteiger partial charge in [0.25, 0.3) is 0 Å². The Morgan fingerprint density at radius 3 is 2.07 bits per heavy atom. The highest BCUT2D eigenvalue weighted by atomic mass is 31.2. The SMILES string of the molecule is CC.Cc1ccc(P(C)(C)=O)c(F)c1. The fraction of sp³-hybridized carbons (Fsp3) is 0.455. The van der Waals surface area contributed by atoms with Crippen LogP contribution in [0.1, 0.15) is 19.4 Å². The molecule has 80 valence electrons. The van der Waals surface area contributed by atoms with Crippen LogP contribution in [0.25, 0.3) is 0 Å². The zero-order chi connectivity index (χ0) is 11.4. The van der Waals surface area contributed by atoms with E-state index in [1.165, 1.54) is 6.07 Å². The molecule has 0 fully saturated rings. The molecule has 0 heterocycles. The number of hydrogen-bond donors (Lipinski definition) is 0. The standard InChI is InChI=1S/C9H12FOP.C2H6/c1-7-4-5-9(8(10)6-7)12(2,3)11;1-2/h4-6H,1-3H3;1-2H3. The van der Waals surface area contributed by atoms with E-state index in [1.54, 1.807) is 25.5 Å². The first kappa shape index (κ1) is 13.4. The van der Waals surface area contributed by atoms with Gasteiger partial charge in [-0.25, -0.2) is 4.39 Å². The predicted molar refractivity (Wildman–Crippen MR) is 61.6 cm³/mol. The molecule has 14 heavy (non-hydrogen) atoms. The molecule has 1 aromatic rings. The Hall–Kier alpha value is -0.620. The minimum absolute atomic E-state index is 0.341. The van der Waals surface area contributed by atoms with Crippen molar-refractivity contribution in [2.75, 3.05) is 13.3 Å². The second-order valence-corrected chi connectivity index (χ2v) is 6.49. The number of halogens is 1.